The summed E-state index contributed by atoms with van der Waals surface area (Å²) in [5, 5.41) is 3.07. The van der Waals surface area contributed by atoms with E-state index in [0.717, 1.165) is 23.4 Å². The molecule has 2 aromatic heterocycles. The Labute approximate surface area is 166 Å². The number of hydrogen-bond donors (Lipinski definition) is 1. The zero-order valence-electron chi connectivity index (χ0n) is 16.7. The quantitative estimate of drug-likeness (QED) is 0.864. The predicted octanol–water partition coefficient (Wildman–Crippen LogP) is 3.08. The van der Waals surface area contributed by atoms with Gasteiger partial charge in [-0.05, 0) is 43.7 Å². The van der Waals surface area contributed by atoms with Gasteiger partial charge in [0.15, 0.2) is 0 Å². The first-order valence-electron chi connectivity index (χ1n) is 10.6. The van der Waals surface area contributed by atoms with Crippen LogP contribution in [0.25, 0.3) is 5.65 Å². The van der Waals surface area contributed by atoms with Crippen LogP contribution < -0.4 is 5.32 Å². The fourth-order valence-corrected chi connectivity index (χ4v) is 4.64. The average Bonchev–Trinajstić information content (AvgIpc) is 3.13. The Hall–Kier alpha value is -2.37. The van der Waals surface area contributed by atoms with Crippen molar-refractivity contribution in [1.82, 2.24) is 19.6 Å². The van der Waals surface area contributed by atoms with Gasteiger partial charge >= 0.3 is 0 Å². The molecule has 0 spiro atoms. The first-order valence-corrected chi connectivity index (χ1v) is 10.6. The minimum Gasteiger partial charge on any atom is -0.350 e. The Balaban J connectivity index is 1.34. The molecule has 1 unspecified atom stereocenters. The predicted molar refractivity (Wildman–Crippen MR) is 108 cm³/mol. The van der Waals surface area contributed by atoms with Crippen LogP contribution in [0.3, 0.4) is 0 Å². The Kier molecular flexibility index (Phi) is 5.64. The first kappa shape index (κ1) is 19.0. The first-order chi connectivity index (χ1) is 13.6. The molecule has 2 amide bonds. The number of aromatic nitrogens is 2. The molecule has 1 aliphatic carbocycles. The van der Waals surface area contributed by atoms with Gasteiger partial charge in [-0.15, -0.1) is 0 Å². The van der Waals surface area contributed by atoms with E-state index in [1.165, 1.54) is 32.1 Å². The maximum Gasteiger partial charge on any atom is 0.225 e. The Morgan fingerprint density at radius 2 is 2.07 bits per heavy atom. The largest absolute Gasteiger partial charge is 0.350 e. The molecule has 6 heteroatoms. The van der Waals surface area contributed by atoms with Crippen LogP contribution in [0.4, 0.5) is 0 Å². The lowest BCUT2D eigenvalue weighted by Gasteiger charge is -2.35. The van der Waals surface area contributed by atoms with Gasteiger partial charge in [0.05, 0.1) is 24.4 Å². The van der Waals surface area contributed by atoms with Gasteiger partial charge in [-0.3, -0.25) is 9.59 Å². The number of nitrogens with zero attached hydrogens (tertiary/aromatic N) is 3. The van der Waals surface area contributed by atoms with Crippen molar-refractivity contribution in [3.63, 3.8) is 0 Å². The zero-order valence-corrected chi connectivity index (χ0v) is 16.7. The van der Waals surface area contributed by atoms with Gasteiger partial charge in [-0.2, -0.15) is 0 Å². The van der Waals surface area contributed by atoms with Crippen molar-refractivity contribution >= 4 is 17.5 Å². The topological polar surface area (TPSA) is 66.7 Å². The molecule has 3 heterocycles. The molecule has 28 heavy (non-hydrogen) atoms. The summed E-state index contributed by atoms with van der Waals surface area (Å²) >= 11 is 0. The van der Waals surface area contributed by atoms with Gasteiger partial charge < -0.3 is 14.6 Å². The number of rotatable bonds is 5. The highest BCUT2D eigenvalue weighted by molar-refractivity contribution is 5.83. The van der Waals surface area contributed by atoms with Gasteiger partial charge in [0.1, 0.15) is 5.65 Å². The number of fused-ring (bicyclic) bond motifs is 1. The standard InChI is InChI=1S/C22H30N4O2/c1-16-6-5-11-26-19(12-23-21(16)26)13-24-22(28)18-9-10-20(27)25(15-18)14-17-7-3-2-4-8-17/h5-6,11-12,17-18H,2-4,7-10,13-15H2,1H3,(H,24,28). The molecular formula is C22H30N4O2. The highest BCUT2D eigenvalue weighted by Gasteiger charge is 2.31. The summed E-state index contributed by atoms with van der Waals surface area (Å²) < 4.78 is 2.02. The van der Waals surface area contributed by atoms with Crippen molar-refractivity contribution in [2.75, 3.05) is 13.1 Å². The number of hydrogen-bond acceptors (Lipinski definition) is 3. The third-order valence-corrected chi connectivity index (χ3v) is 6.33. The third-order valence-electron chi connectivity index (χ3n) is 6.33. The Bertz CT molecular complexity index is 853. The van der Waals surface area contributed by atoms with Crippen molar-refractivity contribution < 1.29 is 9.59 Å². The van der Waals surface area contributed by atoms with Crippen molar-refractivity contribution in [1.29, 1.82) is 0 Å². The molecule has 0 radical (unpaired) electrons. The molecule has 2 fully saturated rings. The number of amides is 2. The highest BCUT2D eigenvalue weighted by Crippen LogP contribution is 2.27. The van der Waals surface area contributed by atoms with Crippen LogP contribution in [0.5, 0.6) is 0 Å². The highest BCUT2D eigenvalue weighted by atomic mass is 16.2. The zero-order chi connectivity index (χ0) is 19.5. The summed E-state index contributed by atoms with van der Waals surface area (Å²) in [6, 6.07) is 4.02. The van der Waals surface area contributed by atoms with E-state index in [1.54, 1.807) is 0 Å². The lowest BCUT2D eigenvalue weighted by molar-refractivity contribution is -0.139. The van der Waals surface area contributed by atoms with E-state index >= 15 is 0 Å². The maximum atomic E-state index is 12.8. The van der Waals surface area contributed by atoms with Crippen LogP contribution in [0.15, 0.2) is 24.5 Å². The van der Waals surface area contributed by atoms with Crippen LogP contribution in [-0.2, 0) is 16.1 Å². The van der Waals surface area contributed by atoms with Crippen molar-refractivity contribution in [2.45, 2.75) is 58.4 Å². The molecule has 1 saturated heterocycles. The summed E-state index contributed by atoms with van der Waals surface area (Å²) in [4.78, 5) is 31.5. The monoisotopic (exact) mass is 382 g/mol. The van der Waals surface area contributed by atoms with Crippen LogP contribution in [0, 0.1) is 18.8 Å². The molecule has 2 aliphatic rings. The number of imidazole rings is 1. The summed E-state index contributed by atoms with van der Waals surface area (Å²) in [6.45, 7) is 3.88. The summed E-state index contributed by atoms with van der Waals surface area (Å²) in [7, 11) is 0. The van der Waals surface area contributed by atoms with E-state index in [4.69, 9.17) is 0 Å². The molecule has 1 atom stereocenters. The SMILES string of the molecule is Cc1cccn2c(CNC(=O)C3CCC(=O)N(CC4CCCCC4)C3)cnc12. The number of piperidine rings is 1. The molecule has 0 bridgehead atoms. The minimum absolute atomic E-state index is 0.0451. The molecule has 6 nitrogen and oxygen atoms in total. The van der Waals surface area contributed by atoms with E-state index in [9.17, 15) is 9.59 Å². The van der Waals surface area contributed by atoms with Crippen LogP contribution in [-0.4, -0.2) is 39.2 Å². The number of likely N-dealkylation sites (tertiary alicyclic amines) is 1. The maximum absolute atomic E-state index is 12.8. The number of carbonyl (C=O) groups is 2. The van der Waals surface area contributed by atoms with Crippen LogP contribution >= 0.6 is 0 Å². The number of nitrogens with one attached hydrogen (secondary N) is 1. The molecule has 1 saturated carbocycles. The van der Waals surface area contributed by atoms with Gasteiger partial charge in [0.2, 0.25) is 11.8 Å². The normalized spacial score (nSPS) is 21.2. The molecule has 2 aromatic rings. The molecule has 4 rings (SSSR count). The second-order valence-electron chi connectivity index (χ2n) is 8.39. The van der Waals surface area contributed by atoms with Crippen molar-refractivity contribution in [3.8, 4) is 0 Å². The van der Waals surface area contributed by atoms with Gasteiger partial charge in [-0.25, -0.2) is 4.98 Å². The molecule has 150 valence electrons. The van der Waals surface area contributed by atoms with E-state index in [2.05, 4.69) is 10.3 Å². The summed E-state index contributed by atoms with van der Waals surface area (Å²) in [6.07, 6.45) is 11.2. The number of pyridine rings is 1. The summed E-state index contributed by atoms with van der Waals surface area (Å²) in [5.74, 6) is 0.763. The van der Waals surface area contributed by atoms with E-state index in [0.29, 0.717) is 31.8 Å². The second-order valence-corrected chi connectivity index (χ2v) is 8.39. The Morgan fingerprint density at radius 3 is 2.89 bits per heavy atom. The number of carbonyl (C=O) groups excluding carboxylic acids is 2. The van der Waals surface area contributed by atoms with Gasteiger partial charge in [0.25, 0.3) is 0 Å². The van der Waals surface area contributed by atoms with Gasteiger partial charge in [0, 0.05) is 25.7 Å². The van der Waals surface area contributed by atoms with Gasteiger partial charge in [-0.1, -0.05) is 25.3 Å². The van der Waals surface area contributed by atoms with Crippen molar-refractivity contribution in [2.24, 2.45) is 11.8 Å². The lowest BCUT2D eigenvalue weighted by Crippen LogP contribution is -2.47. The van der Waals surface area contributed by atoms with Crippen LogP contribution in [0.1, 0.15) is 56.2 Å². The van der Waals surface area contributed by atoms with Crippen LogP contribution in [0.2, 0.25) is 0 Å². The molecular weight excluding hydrogens is 352 g/mol. The second kappa shape index (κ2) is 8.33. The van der Waals surface area contributed by atoms with E-state index in [-0.39, 0.29) is 17.7 Å². The smallest absolute Gasteiger partial charge is 0.225 e. The molecule has 1 N–H and O–H groups in total. The minimum atomic E-state index is -0.109. The van der Waals surface area contributed by atoms with Crippen molar-refractivity contribution in [3.05, 3.63) is 35.8 Å². The van der Waals surface area contributed by atoms with E-state index < -0.39 is 0 Å². The summed E-state index contributed by atoms with van der Waals surface area (Å²) in [5.41, 5.74) is 3.01. The van der Waals surface area contributed by atoms with E-state index in [1.807, 2.05) is 40.8 Å². The third kappa shape index (κ3) is 4.05. The number of aryl methyl sites for hydroxylation is 1. The lowest BCUT2D eigenvalue weighted by atomic mass is 9.87. The molecule has 1 aliphatic heterocycles. The fraction of sp³-hybridized carbons (Fsp3) is 0.591. The molecule has 0 aromatic carbocycles. The average molecular weight is 383 g/mol. The fourth-order valence-electron chi connectivity index (χ4n) is 4.64. The Morgan fingerprint density at radius 1 is 1.25 bits per heavy atom.